The van der Waals surface area contributed by atoms with Gasteiger partial charge in [-0.25, -0.2) is 4.79 Å². The number of nitrogens with one attached hydrogen (secondary N) is 2. The van der Waals surface area contributed by atoms with Crippen molar-refractivity contribution in [3.63, 3.8) is 0 Å². The molecule has 0 unspecified atom stereocenters. The molecule has 2 aliphatic heterocycles. The first kappa shape index (κ1) is 18.8. The zero-order valence-electron chi connectivity index (χ0n) is 16.4. The molecule has 0 aromatic heterocycles. The first-order valence-corrected chi connectivity index (χ1v) is 10.3. The van der Waals surface area contributed by atoms with Gasteiger partial charge in [0.25, 0.3) is 5.91 Å². The second-order valence-electron chi connectivity index (χ2n) is 8.38. The number of amides is 4. The molecule has 0 radical (unpaired) electrons. The van der Waals surface area contributed by atoms with Crippen LogP contribution in [-0.2, 0) is 9.59 Å². The van der Waals surface area contributed by atoms with Gasteiger partial charge in [-0.2, -0.15) is 0 Å². The molecule has 3 aliphatic rings. The molecule has 4 rings (SSSR count). The standard InChI is InChI=1S/C21H28N4O3/c1-15-8-10-21(11-9-15)19(27)25(20(28)23-21)14-18(26)22-16-4-6-17(7-5-16)24-12-2-3-13-24/h4-7,15H,2-3,8-14H2,1H3,(H,22,26)(H,23,28). The van der Waals surface area contributed by atoms with Crippen LogP contribution in [0.5, 0.6) is 0 Å². The molecule has 7 heteroatoms. The predicted molar refractivity (Wildman–Crippen MR) is 107 cm³/mol. The van der Waals surface area contributed by atoms with Crippen molar-refractivity contribution in [2.45, 2.75) is 51.0 Å². The molecule has 150 valence electrons. The number of hydrogen-bond donors (Lipinski definition) is 2. The van der Waals surface area contributed by atoms with Crippen LogP contribution >= 0.6 is 0 Å². The molecular formula is C21H28N4O3. The van der Waals surface area contributed by atoms with E-state index >= 15 is 0 Å². The summed E-state index contributed by atoms with van der Waals surface area (Å²) in [4.78, 5) is 41.0. The van der Waals surface area contributed by atoms with E-state index in [0.29, 0.717) is 24.4 Å². The number of anilines is 2. The van der Waals surface area contributed by atoms with Gasteiger partial charge in [-0.05, 0) is 68.7 Å². The van der Waals surface area contributed by atoms with Crippen molar-refractivity contribution >= 4 is 29.2 Å². The summed E-state index contributed by atoms with van der Waals surface area (Å²) in [6.45, 7) is 4.04. The summed E-state index contributed by atoms with van der Waals surface area (Å²) in [7, 11) is 0. The molecule has 1 spiro atoms. The van der Waals surface area contributed by atoms with E-state index in [2.05, 4.69) is 22.5 Å². The lowest BCUT2D eigenvalue weighted by Gasteiger charge is -2.33. The third-order valence-electron chi connectivity index (χ3n) is 6.30. The van der Waals surface area contributed by atoms with Gasteiger partial charge >= 0.3 is 6.03 Å². The minimum absolute atomic E-state index is 0.254. The van der Waals surface area contributed by atoms with Crippen LogP contribution in [0.1, 0.15) is 45.4 Å². The lowest BCUT2D eigenvalue weighted by atomic mass is 9.77. The molecule has 1 aromatic carbocycles. The summed E-state index contributed by atoms with van der Waals surface area (Å²) in [6.07, 6.45) is 5.55. The van der Waals surface area contributed by atoms with Crippen molar-refractivity contribution < 1.29 is 14.4 Å². The summed E-state index contributed by atoms with van der Waals surface area (Å²) in [6, 6.07) is 7.25. The fraction of sp³-hybridized carbons (Fsp3) is 0.571. The first-order valence-electron chi connectivity index (χ1n) is 10.3. The Bertz CT molecular complexity index is 762. The topological polar surface area (TPSA) is 81.8 Å². The molecule has 28 heavy (non-hydrogen) atoms. The average Bonchev–Trinajstić information content (AvgIpc) is 3.29. The van der Waals surface area contributed by atoms with E-state index in [9.17, 15) is 14.4 Å². The smallest absolute Gasteiger partial charge is 0.325 e. The van der Waals surface area contributed by atoms with E-state index in [0.717, 1.165) is 36.5 Å². The SMILES string of the molecule is CC1CCC2(CC1)NC(=O)N(CC(=O)Nc1ccc(N3CCCC3)cc1)C2=O. The van der Waals surface area contributed by atoms with E-state index < -0.39 is 11.6 Å². The van der Waals surface area contributed by atoms with E-state index in [4.69, 9.17) is 0 Å². The molecule has 2 N–H and O–H groups in total. The quantitative estimate of drug-likeness (QED) is 0.782. The van der Waals surface area contributed by atoms with Crippen molar-refractivity contribution in [2.24, 2.45) is 5.92 Å². The zero-order chi connectivity index (χ0) is 19.7. The van der Waals surface area contributed by atoms with Crippen LogP contribution in [0.2, 0.25) is 0 Å². The fourth-order valence-corrected chi connectivity index (χ4v) is 4.49. The van der Waals surface area contributed by atoms with Gasteiger partial charge in [0.15, 0.2) is 0 Å². The Kier molecular flexibility index (Phi) is 5.00. The van der Waals surface area contributed by atoms with Crippen LogP contribution in [0.15, 0.2) is 24.3 Å². The molecular weight excluding hydrogens is 356 g/mol. The molecule has 2 saturated heterocycles. The van der Waals surface area contributed by atoms with E-state index in [1.165, 1.54) is 12.8 Å². The maximum Gasteiger partial charge on any atom is 0.325 e. The van der Waals surface area contributed by atoms with Gasteiger partial charge < -0.3 is 15.5 Å². The third kappa shape index (κ3) is 3.57. The highest BCUT2D eigenvalue weighted by Gasteiger charge is 2.52. The summed E-state index contributed by atoms with van der Waals surface area (Å²) in [5.74, 6) is -0.0567. The monoisotopic (exact) mass is 384 g/mol. The number of rotatable bonds is 4. The molecule has 0 atom stereocenters. The number of benzene rings is 1. The molecule has 1 aromatic rings. The second-order valence-corrected chi connectivity index (χ2v) is 8.38. The fourth-order valence-electron chi connectivity index (χ4n) is 4.49. The zero-order valence-corrected chi connectivity index (χ0v) is 16.4. The van der Waals surface area contributed by atoms with Crippen LogP contribution in [-0.4, -0.2) is 47.9 Å². The molecule has 2 heterocycles. The van der Waals surface area contributed by atoms with Crippen molar-refractivity contribution in [2.75, 3.05) is 29.9 Å². The van der Waals surface area contributed by atoms with E-state index in [1.807, 2.05) is 24.3 Å². The van der Waals surface area contributed by atoms with Crippen LogP contribution in [0.25, 0.3) is 0 Å². The van der Waals surface area contributed by atoms with Crippen LogP contribution in [0.3, 0.4) is 0 Å². The number of carbonyl (C=O) groups is 3. The van der Waals surface area contributed by atoms with Gasteiger partial charge in [0.05, 0.1) is 0 Å². The molecule has 4 amide bonds. The second kappa shape index (κ2) is 7.45. The van der Waals surface area contributed by atoms with Gasteiger partial charge in [0.2, 0.25) is 5.91 Å². The Morgan fingerprint density at radius 3 is 2.43 bits per heavy atom. The number of urea groups is 1. The minimum atomic E-state index is -0.804. The maximum absolute atomic E-state index is 12.8. The molecule has 7 nitrogen and oxygen atoms in total. The highest BCUT2D eigenvalue weighted by molar-refractivity contribution is 6.10. The van der Waals surface area contributed by atoms with Crippen molar-refractivity contribution in [1.29, 1.82) is 0 Å². The average molecular weight is 384 g/mol. The number of carbonyl (C=O) groups excluding carboxylic acids is 3. The van der Waals surface area contributed by atoms with Crippen LogP contribution in [0.4, 0.5) is 16.2 Å². The lowest BCUT2D eigenvalue weighted by molar-refractivity contribution is -0.135. The summed E-state index contributed by atoms with van der Waals surface area (Å²) in [5.41, 5.74) is 1.01. The summed E-state index contributed by atoms with van der Waals surface area (Å²) in [5, 5.41) is 5.64. The van der Waals surface area contributed by atoms with Gasteiger partial charge in [0.1, 0.15) is 12.1 Å². The highest BCUT2D eigenvalue weighted by Crippen LogP contribution is 2.36. The summed E-state index contributed by atoms with van der Waals surface area (Å²) >= 11 is 0. The largest absolute Gasteiger partial charge is 0.372 e. The molecule has 1 saturated carbocycles. The van der Waals surface area contributed by atoms with Gasteiger partial charge in [-0.15, -0.1) is 0 Å². The van der Waals surface area contributed by atoms with Crippen molar-refractivity contribution in [1.82, 2.24) is 10.2 Å². The van der Waals surface area contributed by atoms with Crippen LogP contribution in [0, 0.1) is 5.92 Å². The Labute approximate surface area is 165 Å². The normalized spacial score (nSPS) is 27.4. The predicted octanol–water partition coefficient (Wildman–Crippen LogP) is 2.73. The number of nitrogens with zero attached hydrogens (tertiary/aromatic N) is 2. The summed E-state index contributed by atoms with van der Waals surface area (Å²) < 4.78 is 0. The lowest BCUT2D eigenvalue weighted by Crippen LogP contribution is -2.49. The van der Waals surface area contributed by atoms with Crippen molar-refractivity contribution in [3.05, 3.63) is 24.3 Å². The Morgan fingerprint density at radius 2 is 1.79 bits per heavy atom. The third-order valence-corrected chi connectivity index (χ3v) is 6.30. The van der Waals surface area contributed by atoms with E-state index in [1.54, 1.807) is 0 Å². The molecule has 3 fully saturated rings. The number of imide groups is 1. The number of hydrogen-bond acceptors (Lipinski definition) is 4. The first-order chi connectivity index (χ1) is 13.5. The Balaban J connectivity index is 1.35. The molecule has 0 bridgehead atoms. The Morgan fingerprint density at radius 1 is 1.14 bits per heavy atom. The molecule has 1 aliphatic carbocycles. The minimum Gasteiger partial charge on any atom is -0.372 e. The van der Waals surface area contributed by atoms with Crippen molar-refractivity contribution in [3.8, 4) is 0 Å². The van der Waals surface area contributed by atoms with Gasteiger partial charge in [0, 0.05) is 24.5 Å². The Hall–Kier alpha value is -2.57. The van der Waals surface area contributed by atoms with Gasteiger partial charge in [-0.3, -0.25) is 14.5 Å². The highest BCUT2D eigenvalue weighted by atomic mass is 16.2. The van der Waals surface area contributed by atoms with E-state index in [-0.39, 0.29) is 18.4 Å². The van der Waals surface area contributed by atoms with Crippen LogP contribution < -0.4 is 15.5 Å². The maximum atomic E-state index is 12.8. The van der Waals surface area contributed by atoms with Gasteiger partial charge in [-0.1, -0.05) is 6.92 Å².